The number of ketones is 1. The fourth-order valence-corrected chi connectivity index (χ4v) is 3.65. The van der Waals surface area contributed by atoms with Gasteiger partial charge in [0.25, 0.3) is 11.7 Å². The molecule has 1 aromatic heterocycles. The number of amides is 1. The van der Waals surface area contributed by atoms with E-state index in [9.17, 15) is 14.7 Å². The molecule has 1 aliphatic heterocycles. The summed E-state index contributed by atoms with van der Waals surface area (Å²) in [4.78, 5) is 31.5. The lowest BCUT2D eigenvalue weighted by Crippen LogP contribution is -2.31. The van der Waals surface area contributed by atoms with Crippen molar-refractivity contribution in [2.75, 3.05) is 13.7 Å². The Labute approximate surface area is 174 Å². The van der Waals surface area contributed by atoms with Crippen molar-refractivity contribution in [3.8, 4) is 5.75 Å². The molecule has 0 spiro atoms. The van der Waals surface area contributed by atoms with Gasteiger partial charge in [0.1, 0.15) is 17.6 Å². The monoisotopic (exact) mass is 414 g/mol. The molecule has 1 amide bonds. The summed E-state index contributed by atoms with van der Waals surface area (Å²) in [6.07, 6.45) is 4.30. The van der Waals surface area contributed by atoms with Crippen LogP contribution in [0.5, 0.6) is 5.75 Å². The van der Waals surface area contributed by atoms with E-state index in [2.05, 4.69) is 11.9 Å². The van der Waals surface area contributed by atoms with Crippen molar-refractivity contribution in [3.63, 3.8) is 0 Å². The van der Waals surface area contributed by atoms with E-state index in [0.29, 0.717) is 28.6 Å². The molecule has 2 aromatic rings. The minimum absolute atomic E-state index is 0.0228. The molecule has 152 valence electrons. The zero-order valence-electron chi connectivity index (χ0n) is 16.4. The van der Waals surface area contributed by atoms with Gasteiger partial charge < -0.3 is 14.7 Å². The summed E-state index contributed by atoms with van der Waals surface area (Å²) in [5, 5.41) is 11.4. The number of ether oxygens (including phenoxy) is 1. The number of unbranched alkanes of at least 4 members (excludes halogenated alkanes) is 2. The number of nitrogens with zero attached hydrogens (tertiary/aromatic N) is 2. The minimum Gasteiger partial charge on any atom is -0.507 e. The third-order valence-electron chi connectivity index (χ3n) is 4.94. The zero-order chi connectivity index (χ0) is 21.0. The van der Waals surface area contributed by atoms with Crippen molar-refractivity contribution in [1.82, 2.24) is 9.88 Å². The molecule has 0 bridgehead atoms. The van der Waals surface area contributed by atoms with E-state index in [1.807, 2.05) is 0 Å². The van der Waals surface area contributed by atoms with Gasteiger partial charge in [0.2, 0.25) is 0 Å². The largest absolute Gasteiger partial charge is 0.507 e. The van der Waals surface area contributed by atoms with Crippen molar-refractivity contribution in [2.45, 2.75) is 32.2 Å². The Hall–Kier alpha value is -2.86. The molecule has 1 atom stereocenters. The number of benzene rings is 1. The molecule has 1 aliphatic rings. The first-order valence-electron chi connectivity index (χ1n) is 9.52. The number of carbonyl (C=O) groups is 2. The standard InChI is InChI=1S/C22H23ClN2O4/c1-3-4-7-12-25-19(16-8-5-6-11-24-16)18(21(27)22(25)28)20(26)14-9-10-15(23)17(13-14)29-2/h5-6,8-11,13,19,26H,3-4,7,12H2,1-2H3/b20-18-. The number of methoxy groups -OCH3 is 1. The Kier molecular flexibility index (Phi) is 6.54. The first kappa shape index (κ1) is 20.9. The van der Waals surface area contributed by atoms with E-state index in [1.165, 1.54) is 18.1 Å². The molecule has 29 heavy (non-hydrogen) atoms. The van der Waals surface area contributed by atoms with Gasteiger partial charge in [-0.1, -0.05) is 37.4 Å². The van der Waals surface area contributed by atoms with Crippen molar-refractivity contribution in [2.24, 2.45) is 0 Å². The Morgan fingerprint density at radius 3 is 2.69 bits per heavy atom. The number of Topliss-reactive ketones (excluding diaryl/α,β-unsaturated/α-hetero) is 1. The number of aromatic nitrogens is 1. The molecule has 1 unspecified atom stereocenters. The first-order valence-corrected chi connectivity index (χ1v) is 9.90. The highest BCUT2D eigenvalue weighted by Gasteiger charge is 2.46. The maximum Gasteiger partial charge on any atom is 0.295 e. The number of pyridine rings is 1. The summed E-state index contributed by atoms with van der Waals surface area (Å²) in [6.45, 7) is 2.48. The van der Waals surface area contributed by atoms with Crippen LogP contribution in [-0.2, 0) is 9.59 Å². The summed E-state index contributed by atoms with van der Waals surface area (Å²) >= 11 is 6.07. The summed E-state index contributed by atoms with van der Waals surface area (Å²) in [7, 11) is 1.46. The van der Waals surface area contributed by atoms with Gasteiger partial charge >= 0.3 is 0 Å². The van der Waals surface area contributed by atoms with Crippen LogP contribution in [0.25, 0.3) is 5.76 Å². The fraction of sp³-hybridized carbons (Fsp3) is 0.318. The summed E-state index contributed by atoms with van der Waals surface area (Å²) in [6, 6.07) is 9.26. The van der Waals surface area contributed by atoms with Crippen LogP contribution in [-0.4, -0.2) is 40.3 Å². The molecule has 1 fully saturated rings. The highest BCUT2D eigenvalue weighted by Crippen LogP contribution is 2.39. The average Bonchev–Trinajstić information content (AvgIpc) is 2.99. The highest BCUT2D eigenvalue weighted by molar-refractivity contribution is 6.46. The van der Waals surface area contributed by atoms with E-state index >= 15 is 0 Å². The van der Waals surface area contributed by atoms with E-state index in [1.54, 1.807) is 36.5 Å². The SMILES string of the molecule is CCCCCN1C(=O)C(=O)/C(=C(\O)c2ccc(Cl)c(OC)c2)C1c1ccccn1. The normalized spacial score (nSPS) is 18.3. The van der Waals surface area contributed by atoms with Crippen molar-refractivity contribution in [3.05, 3.63) is 64.4 Å². The second-order valence-electron chi connectivity index (χ2n) is 6.80. The number of carbonyl (C=O) groups excluding carboxylic acids is 2. The van der Waals surface area contributed by atoms with Crippen LogP contribution in [0.1, 0.15) is 43.5 Å². The predicted octanol–water partition coefficient (Wildman–Crippen LogP) is 4.36. The highest BCUT2D eigenvalue weighted by atomic mass is 35.5. The number of halogens is 1. The molecule has 3 rings (SSSR count). The van der Waals surface area contributed by atoms with Gasteiger partial charge in [-0.25, -0.2) is 0 Å². The average molecular weight is 415 g/mol. The number of aliphatic hydroxyl groups is 1. The first-order chi connectivity index (χ1) is 14.0. The van der Waals surface area contributed by atoms with Crippen LogP contribution < -0.4 is 4.74 Å². The van der Waals surface area contributed by atoms with Crippen LogP contribution in [0.2, 0.25) is 5.02 Å². The molecular formula is C22H23ClN2O4. The lowest BCUT2D eigenvalue weighted by Gasteiger charge is -2.24. The second-order valence-corrected chi connectivity index (χ2v) is 7.21. The number of likely N-dealkylation sites (tertiary alicyclic amines) is 1. The lowest BCUT2D eigenvalue weighted by molar-refractivity contribution is -0.140. The van der Waals surface area contributed by atoms with E-state index in [-0.39, 0.29) is 11.3 Å². The van der Waals surface area contributed by atoms with E-state index in [4.69, 9.17) is 16.3 Å². The van der Waals surface area contributed by atoms with Gasteiger partial charge in [0.05, 0.1) is 23.4 Å². The van der Waals surface area contributed by atoms with E-state index < -0.39 is 17.7 Å². The topological polar surface area (TPSA) is 79.7 Å². The van der Waals surface area contributed by atoms with Gasteiger partial charge in [0, 0.05) is 18.3 Å². The van der Waals surface area contributed by atoms with Gasteiger partial charge in [-0.05, 0) is 36.8 Å². The Bertz CT molecular complexity index is 943. The molecule has 2 heterocycles. The Morgan fingerprint density at radius 2 is 2.03 bits per heavy atom. The van der Waals surface area contributed by atoms with E-state index in [0.717, 1.165) is 19.3 Å². The molecule has 1 aromatic carbocycles. The molecule has 1 saturated heterocycles. The number of rotatable bonds is 7. The van der Waals surface area contributed by atoms with Gasteiger partial charge in [0.15, 0.2) is 0 Å². The van der Waals surface area contributed by atoms with Gasteiger partial charge in [-0.3, -0.25) is 14.6 Å². The third-order valence-corrected chi connectivity index (χ3v) is 5.25. The fourth-order valence-electron chi connectivity index (χ4n) is 3.45. The molecule has 0 saturated carbocycles. The quantitative estimate of drug-likeness (QED) is 0.315. The Morgan fingerprint density at radius 1 is 1.24 bits per heavy atom. The molecule has 7 heteroatoms. The van der Waals surface area contributed by atoms with Crippen LogP contribution >= 0.6 is 11.6 Å². The zero-order valence-corrected chi connectivity index (χ0v) is 17.1. The van der Waals surface area contributed by atoms with Gasteiger partial charge in [-0.2, -0.15) is 0 Å². The molecular weight excluding hydrogens is 392 g/mol. The number of hydrogen-bond donors (Lipinski definition) is 1. The van der Waals surface area contributed by atoms with Crippen LogP contribution in [0.4, 0.5) is 0 Å². The third kappa shape index (κ3) is 4.12. The molecule has 6 nitrogen and oxygen atoms in total. The summed E-state index contributed by atoms with van der Waals surface area (Å²) < 4.78 is 5.20. The summed E-state index contributed by atoms with van der Waals surface area (Å²) in [5.74, 6) is -1.25. The second kappa shape index (κ2) is 9.09. The number of hydrogen-bond acceptors (Lipinski definition) is 5. The van der Waals surface area contributed by atoms with Crippen LogP contribution in [0, 0.1) is 0 Å². The Balaban J connectivity index is 2.12. The maximum absolute atomic E-state index is 12.9. The maximum atomic E-state index is 12.9. The molecule has 1 N–H and O–H groups in total. The van der Waals surface area contributed by atoms with Crippen molar-refractivity contribution >= 4 is 29.1 Å². The number of aliphatic hydroxyl groups excluding tert-OH is 1. The van der Waals surface area contributed by atoms with Crippen LogP contribution in [0.15, 0.2) is 48.2 Å². The van der Waals surface area contributed by atoms with Crippen molar-refractivity contribution < 1.29 is 19.4 Å². The smallest absolute Gasteiger partial charge is 0.295 e. The van der Waals surface area contributed by atoms with Crippen LogP contribution in [0.3, 0.4) is 0 Å². The molecule has 0 radical (unpaired) electrons. The summed E-state index contributed by atoms with van der Waals surface area (Å²) in [5.41, 5.74) is 0.902. The lowest BCUT2D eigenvalue weighted by atomic mass is 9.98. The van der Waals surface area contributed by atoms with Gasteiger partial charge in [-0.15, -0.1) is 0 Å². The van der Waals surface area contributed by atoms with Crippen molar-refractivity contribution in [1.29, 1.82) is 0 Å². The minimum atomic E-state index is -0.741. The predicted molar refractivity (Wildman–Crippen MR) is 111 cm³/mol. The molecule has 0 aliphatic carbocycles.